The normalized spacial score (nSPS) is 16.0. The first-order valence-corrected chi connectivity index (χ1v) is 10.2. The van der Waals surface area contributed by atoms with Gasteiger partial charge in [0.2, 0.25) is 15.9 Å². The van der Waals surface area contributed by atoms with Crippen molar-refractivity contribution in [2.75, 3.05) is 25.5 Å². The molecule has 1 N–H and O–H groups in total. The molecule has 0 bridgehead atoms. The molecule has 0 aliphatic carbocycles. The van der Waals surface area contributed by atoms with Crippen molar-refractivity contribution in [3.8, 4) is 5.75 Å². The van der Waals surface area contributed by atoms with Crippen LogP contribution in [0.2, 0.25) is 0 Å². The van der Waals surface area contributed by atoms with Gasteiger partial charge in [0.1, 0.15) is 5.75 Å². The minimum atomic E-state index is -3.65. The molecule has 1 saturated heterocycles. The number of benzene rings is 2. The van der Waals surface area contributed by atoms with Crippen LogP contribution in [-0.2, 0) is 14.8 Å². The number of sulfonamides is 1. The van der Waals surface area contributed by atoms with Crippen LogP contribution in [0.15, 0.2) is 47.4 Å². The molecule has 0 radical (unpaired) electrons. The van der Waals surface area contributed by atoms with Crippen LogP contribution in [0.5, 0.6) is 5.75 Å². The van der Waals surface area contributed by atoms with E-state index in [4.69, 9.17) is 4.74 Å². The van der Waals surface area contributed by atoms with Crippen molar-refractivity contribution in [2.24, 2.45) is 5.92 Å². The smallest absolute Gasteiger partial charge is 0.243 e. The number of hydrogen-bond donors (Lipinski definition) is 1. The molecule has 0 unspecified atom stereocenters. The number of carbonyl (C=O) groups is 1. The van der Waals surface area contributed by atoms with Gasteiger partial charge in [0.15, 0.2) is 11.6 Å². The number of anilines is 1. The molecule has 28 heavy (non-hydrogen) atoms. The van der Waals surface area contributed by atoms with Gasteiger partial charge in [0.25, 0.3) is 0 Å². The third kappa shape index (κ3) is 4.31. The molecule has 0 aromatic heterocycles. The first-order chi connectivity index (χ1) is 13.3. The summed E-state index contributed by atoms with van der Waals surface area (Å²) in [5, 5.41) is 2.55. The van der Waals surface area contributed by atoms with Gasteiger partial charge in [0, 0.05) is 30.8 Å². The lowest BCUT2D eigenvalue weighted by Crippen LogP contribution is -2.41. The number of halogens is 2. The zero-order chi connectivity index (χ0) is 20.3. The Bertz CT molecular complexity index is 956. The Morgan fingerprint density at radius 3 is 2.29 bits per heavy atom. The van der Waals surface area contributed by atoms with Crippen LogP contribution in [-0.4, -0.2) is 38.8 Å². The van der Waals surface area contributed by atoms with Gasteiger partial charge in [-0.05, 0) is 49.2 Å². The van der Waals surface area contributed by atoms with E-state index < -0.39 is 27.6 Å². The van der Waals surface area contributed by atoms with E-state index in [0.717, 1.165) is 12.1 Å². The van der Waals surface area contributed by atoms with E-state index in [1.807, 2.05) is 0 Å². The van der Waals surface area contributed by atoms with Crippen LogP contribution in [0, 0.1) is 17.6 Å². The van der Waals surface area contributed by atoms with E-state index in [1.54, 1.807) is 12.1 Å². The lowest BCUT2D eigenvalue weighted by molar-refractivity contribution is -0.120. The number of methoxy groups -OCH3 is 1. The highest BCUT2D eigenvalue weighted by Gasteiger charge is 2.32. The predicted octanol–water partition coefficient (Wildman–Crippen LogP) is 3.01. The summed E-state index contributed by atoms with van der Waals surface area (Å²) in [5.74, 6) is -2.22. The Morgan fingerprint density at radius 2 is 1.71 bits per heavy atom. The minimum Gasteiger partial charge on any atom is -0.497 e. The van der Waals surface area contributed by atoms with Crippen molar-refractivity contribution in [3.05, 3.63) is 54.1 Å². The molecule has 2 aromatic rings. The summed E-state index contributed by atoms with van der Waals surface area (Å²) in [6.07, 6.45) is 0.676. The molecular weight excluding hydrogens is 390 g/mol. The van der Waals surface area contributed by atoms with Gasteiger partial charge in [-0.2, -0.15) is 4.31 Å². The molecule has 0 spiro atoms. The van der Waals surface area contributed by atoms with Crippen LogP contribution >= 0.6 is 0 Å². The number of nitrogens with zero attached hydrogens (tertiary/aromatic N) is 1. The van der Waals surface area contributed by atoms with Crippen LogP contribution < -0.4 is 10.1 Å². The van der Waals surface area contributed by atoms with Crippen molar-refractivity contribution in [3.63, 3.8) is 0 Å². The Labute approximate surface area is 162 Å². The first kappa shape index (κ1) is 20.2. The van der Waals surface area contributed by atoms with Crippen molar-refractivity contribution in [1.82, 2.24) is 4.31 Å². The maximum absolute atomic E-state index is 13.3. The third-order valence-corrected chi connectivity index (χ3v) is 6.62. The topological polar surface area (TPSA) is 75.7 Å². The lowest BCUT2D eigenvalue weighted by atomic mass is 9.97. The summed E-state index contributed by atoms with van der Waals surface area (Å²) < 4.78 is 58.1. The second-order valence-corrected chi connectivity index (χ2v) is 8.41. The van der Waals surface area contributed by atoms with Crippen LogP contribution in [0.1, 0.15) is 12.8 Å². The van der Waals surface area contributed by atoms with E-state index in [9.17, 15) is 22.0 Å². The van der Waals surface area contributed by atoms with E-state index >= 15 is 0 Å². The summed E-state index contributed by atoms with van der Waals surface area (Å²) >= 11 is 0. The van der Waals surface area contributed by atoms with Gasteiger partial charge in [-0.15, -0.1) is 0 Å². The Hall–Kier alpha value is -2.52. The number of amides is 1. The zero-order valence-electron chi connectivity index (χ0n) is 15.2. The van der Waals surface area contributed by atoms with Crippen molar-refractivity contribution in [1.29, 1.82) is 0 Å². The fraction of sp³-hybridized carbons (Fsp3) is 0.316. The number of hydrogen-bond acceptors (Lipinski definition) is 4. The summed E-state index contributed by atoms with van der Waals surface area (Å²) in [6, 6.07) is 9.25. The summed E-state index contributed by atoms with van der Waals surface area (Å²) in [4.78, 5) is 12.5. The molecule has 1 aliphatic heterocycles. The molecule has 3 rings (SSSR count). The van der Waals surface area contributed by atoms with E-state index in [1.165, 1.54) is 29.6 Å². The first-order valence-electron chi connectivity index (χ1n) is 8.71. The molecule has 2 aromatic carbocycles. The van der Waals surface area contributed by atoms with Crippen molar-refractivity contribution >= 4 is 21.6 Å². The second-order valence-electron chi connectivity index (χ2n) is 6.47. The average molecular weight is 410 g/mol. The van der Waals surface area contributed by atoms with Crippen molar-refractivity contribution in [2.45, 2.75) is 17.7 Å². The highest BCUT2D eigenvalue weighted by Crippen LogP contribution is 2.26. The number of nitrogens with one attached hydrogen (secondary N) is 1. The monoisotopic (exact) mass is 410 g/mol. The highest BCUT2D eigenvalue weighted by atomic mass is 32.2. The van der Waals surface area contributed by atoms with Crippen LogP contribution in [0.3, 0.4) is 0 Å². The molecule has 1 amide bonds. The zero-order valence-corrected chi connectivity index (χ0v) is 16.0. The fourth-order valence-corrected chi connectivity index (χ4v) is 4.54. The molecule has 9 heteroatoms. The standard InChI is InChI=1S/C19H20F2N2O4S/c1-27-15-3-5-16(6-4-15)28(25,26)23-10-8-13(9-11-23)19(24)22-14-2-7-17(20)18(21)12-14/h2-7,12-13H,8-11H2,1H3,(H,22,24). The molecule has 6 nitrogen and oxygen atoms in total. The Morgan fingerprint density at radius 1 is 1.07 bits per heavy atom. The summed E-state index contributed by atoms with van der Waals surface area (Å²) in [7, 11) is -2.15. The number of carbonyl (C=O) groups excluding carboxylic acids is 1. The third-order valence-electron chi connectivity index (χ3n) is 4.71. The maximum atomic E-state index is 13.3. The van der Waals surface area contributed by atoms with Gasteiger partial charge >= 0.3 is 0 Å². The largest absolute Gasteiger partial charge is 0.497 e. The number of piperidine rings is 1. The highest BCUT2D eigenvalue weighted by molar-refractivity contribution is 7.89. The summed E-state index contributed by atoms with van der Waals surface area (Å²) in [6.45, 7) is 0.397. The molecule has 0 atom stereocenters. The minimum absolute atomic E-state index is 0.164. The average Bonchev–Trinajstić information content (AvgIpc) is 2.71. The quantitative estimate of drug-likeness (QED) is 0.822. The SMILES string of the molecule is COc1ccc(S(=O)(=O)N2CCC(C(=O)Nc3ccc(F)c(F)c3)CC2)cc1. The van der Waals surface area contributed by atoms with Gasteiger partial charge in [-0.1, -0.05) is 0 Å². The van der Waals surface area contributed by atoms with Gasteiger partial charge < -0.3 is 10.1 Å². The molecule has 1 heterocycles. The molecule has 1 aliphatic rings. The molecule has 0 saturated carbocycles. The molecular formula is C19H20F2N2O4S. The molecule has 1 fully saturated rings. The Kier molecular flexibility index (Phi) is 5.95. The van der Waals surface area contributed by atoms with Gasteiger partial charge in [-0.25, -0.2) is 17.2 Å². The fourth-order valence-electron chi connectivity index (χ4n) is 3.07. The van der Waals surface area contributed by atoms with E-state index in [0.29, 0.717) is 18.6 Å². The number of rotatable bonds is 5. The van der Waals surface area contributed by atoms with E-state index in [2.05, 4.69) is 5.32 Å². The number of ether oxygens (including phenoxy) is 1. The van der Waals surface area contributed by atoms with Crippen LogP contribution in [0.4, 0.5) is 14.5 Å². The van der Waals surface area contributed by atoms with Crippen molar-refractivity contribution < 1.29 is 26.7 Å². The predicted molar refractivity (Wildman–Crippen MR) is 99.5 cm³/mol. The lowest BCUT2D eigenvalue weighted by Gasteiger charge is -2.30. The maximum Gasteiger partial charge on any atom is 0.243 e. The van der Waals surface area contributed by atoms with E-state index in [-0.39, 0.29) is 29.6 Å². The molecule has 150 valence electrons. The second kappa shape index (κ2) is 8.24. The Balaban J connectivity index is 1.61. The van der Waals surface area contributed by atoms with Gasteiger partial charge in [-0.3, -0.25) is 4.79 Å². The summed E-state index contributed by atoms with van der Waals surface area (Å²) in [5.41, 5.74) is 0.164. The van der Waals surface area contributed by atoms with Crippen LogP contribution in [0.25, 0.3) is 0 Å². The van der Waals surface area contributed by atoms with Gasteiger partial charge in [0.05, 0.1) is 12.0 Å².